The molecule has 0 aromatic heterocycles. The van der Waals surface area contributed by atoms with E-state index in [0.29, 0.717) is 42.1 Å². The molecule has 0 N–H and O–H groups in total. The van der Waals surface area contributed by atoms with E-state index in [2.05, 4.69) is 0 Å². The van der Waals surface area contributed by atoms with Crippen LogP contribution >= 0.6 is 0 Å². The molecule has 2 aliphatic heterocycles. The van der Waals surface area contributed by atoms with Gasteiger partial charge in [-0.1, -0.05) is 42.5 Å². The van der Waals surface area contributed by atoms with Gasteiger partial charge in [0.2, 0.25) is 5.91 Å². The molecule has 0 saturated carbocycles. The summed E-state index contributed by atoms with van der Waals surface area (Å²) in [4.78, 5) is 43.4. The Hall–Kier alpha value is -4.13. The van der Waals surface area contributed by atoms with Crippen molar-refractivity contribution in [1.82, 2.24) is 9.80 Å². The molecule has 0 bridgehead atoms. The number of imide groups is 1. The molecule has 178 valence electrons. The molecular formula is C28H26N2O5. The summed E-state index contributed by atoms with van der Waals surface area (Å²) in [7, 11) is 3.17. The van der Waals surface area contributed by atoms with E-state index in [1.165, 1.54) is 0 Å². The Labute approximate surface area is 203 Å². The minimum absolute atomic E-state index is 0.246. The van der Waals surface area contributed by atoms with Crippen LogP contribution in [0, 0.1) is 0 Å². The van der Waals surface area contributed by atoms with Gasteiger partial charge in [0.1, 0.15) is 6.04 Å². The van der Waals surface area contributed by atoms with Gasteiger partial charge in [0.15, 0.2) is 11.5 Å². The summed E-state index contributed by atoms with van der Waals surface area (Å²) in [5.74, 6) is 0.150. The number of rotatable bonds is 6. The van der Waals surface area contributed by atoms with Gasteiger partial charge in [-0.25, -0.2) is 0 Å². The van der Waals surface area contributed by atoms with Crippen molar-refractivity contribution in [3.63, 3.8) is 0 Å². The van der Waals surface area contributed by atoms with Crippen molar-refractivity contribution in [2.24, 2.45) is 0 Å². The van der Waals surface area contributed by atoms with Gasteiger partial charge in [0.25, 0.3) is 11.8 Å². The van der Waals surface area contributed by atoms with Crippen LogP contribution in [0.1, 0.15) is 37.4 Å². The Morgan fingerprint density at radius 1 is 0.857 bits per heavy atom. The molecule has 0 saturated heterocycles. The highest BCUT2D eigenvalue weighted by Gasteiger charge is 2.44. The number of hydrogen-bond donors (Lipinski definition) is 0. The van der Waals surface area contributed by atoms with Crippen LogP contribution in [0.5, 0.6) is 11.5 Å². The number of methoxy groups -OCH3 is 2. The van der Waals surface area contributed by atoms with Crippen LogP contribution in [-0.2, 0) is 24.2 Å². The number of ether oxygens (including phenoxy) is 2. The van der Waals surface area contributed by atoms with E-state index in [1.807, 2.05) is 42.5 Å². The molecule has 2 heterocycles. The van der Waals surface area contributed by atoms with Crippen LogP contribution in [0.4, 0.5) is 0 Å². The van der Waals surface area contributed by atoms with Gasteiger partial charge in [-0.3, -0.25) is 19.3 Å². The molecule has 0 spiro atoms. The zero-order chi connectivity index (χ0) is 24.5. The van der Waals surface area contributed by atoms with E-state index in [4.69, 9.17) is 9.47 Å². The summed E-state index contributed by atoms with van der Waals surface area (Å²) in [5.41, 5.74) is 3.61. The second kappa shape index (κ2) is 9.25. The summed E-state index contributed by atoms with van der Waals surface area (Å²) < 4.78 is 10.9. The van der Waals surface area contributed by atoms with E-state index in [-0.39, 0.29) is 12.3 Å². The first-order chi connectivity index (χ1) is 17.0. The molecule has 5 rings (SSSR count). The first kappa shape index (κ1) is 22.7. The minimum atomic E-state index is -0.938. The van der Waals surface area contributed by atoms with Crippen molar-refractivity contribution in [2.45, 2.75) is 25.4 Å². The van der Waals surface area contributed by atoms with Crippen LogP contribution in [0.15, 0.2) is 66.7 Å². The maximum Gasteiger partial charge on any atom is 0.262 e. The summed E-state index contributed by atoms with van der Waals surface area (Å²) in [6.45, 7) is 0.846. The second-order valence-electron chi connectivity index (χ2n) is 8.72. The molecule has 7 nitrogen and oxygen atoms in total. The third kappa shape index (κ3) is 4.03. The van der Waals surface area contributed by atoms with Crippen LogP contribution in [-0.4, -0.2) is 54.3 Å². The smallest absolute Gasteiger partial charge is 0.262 e. The minimum Gasteiger partial charge on any atom is -0.493 e. The first-order valence-electron chi connectivity index (χ1n) is 11.5. The summed E-state index contributed by atoms with van der Waals surface area (Å²) in [6.07, 6.45) is 0.891. The molecule has 3 amide bonds. The lowest BCUT2D eigenvalue weighted by atomic mass is 9.97. The number of carbonyl (C=O) groups is 3. The Bertz CT molecular complexity index is 1270. The average Bonchev–Trinajstić information content (AvgIpc) is 3.16. The van der Waals surface area contributed by atoms with E-state index in [0.717, 1.165) is 21.6 Å². The molecule has 0 aliphatic carbocycles. The fourth-order valence-corrected chi connectivity index (χ4v) is 4.90. The van der Waals surface area contributed by atoms with Crippen molar-refractivity contribution < 1.29 is 23.9 Å². The number of carbonyl (C=O) groups excluding carboxylic acids is 3. The Kier molecular flexibility index (Phi) is 5.99. The van der Waals surface area contributed by atoms with E-state index in [9.17, 15) is 14.4 Å². The van der Waals surface area contributed by atoms with Crippen molar-refractivity contribution in [3.05, 3.63) is 94.5 Å². The lowest BCUT2D eigenvalue weighted by molar-refractivity contribution is -0.136. The van der Waals surface area contributed by atoms with Crippen LogP contribution < -0.4 is 9.47 Å². The van der Waals surface area contributed by atoms with Gasteiger partial charge in [-0.05, 0) is 47.4 Å². The van der Waals surface area contributed by atoms with Crippen LogP contribution in [0.3, 0.4) is 0 Å². The quantitative estimate of drug-likeness (QED) is 0.516. The monoisotopic (exact) mass is 470 g/mol. The third-order valence-electron chi connectivity index (χ3n) is 6.72. The SMILES string of the molecule is COc1cc2c(cc1OC)CN(C(=O)[C@@H](Cc1ccccc1)N1C(=O)c3ccccc3C1=O)CC2. The van der Waals surface area contributed by atoms with Crippen molar-refractivity contribution in [3.8, 4) is 11.5 Å². The third-order valence-corrected chi connectivity index (χ3v) is 6.72. The lowest BCUT2D eigenvalue weighted by Crippen LogP contribution is -2.53. The lowest BCUT2D eigenvalue weighted by Gasteiger charge is -2.35. The molecular weight excluding hydrogens is 444 g/mol. The largest absolute Gasteiger partial charge is 0.493 e. The van der Waals surface area contributed by atoms with Crippen molar-refractivity contribution in [1.29, 1.82) is 0 Å². The number of hydrogen-bond acceptors (Lipinski definition) is 5. The Balaban J connectivity index is 1.48. The Morgan fingerprint density at radius 3 is 2.03 bits per heavy atom. The number of nitrogens with zero attached hydrogens (tertiary/aromatic N) is 2. The molecule has 0 unspecified atom stereocenters. The molecule has 3 aromatic carbocycles. The fraction of sp³-hybridized carbons (Fsp3) is 0.250. The maximum absolute atomic E-state index is 13.9. The van der Waals surface area contributed by atoms with Gasteiger partial charge in [0, 0.05) is 19.5 Å². The van der Waals surface area contributed by atoms with Crippen LogP contribution in [0.2, 0.25) is 0 Å². The fourth-order valence-electron chi connectivity index (χ4n) is 4.90. The number of benzene rings is 3. The predicted octanol–water partition coefficient (Wildman–Crippen LogP) is 3.50. The van der Waals surface area contributed by atoms with Crippen molar-refractivity contribution in [2.75, 3.05) is 20.8 Å². The number of fused-ring (bicyclic) bond motifs is 2. The molecule has 7 heteroatoms. The van der Waals surface area contributed by atoms with Crippen LogP contribution in [0.25, 0.3) is 0 Å². The maximum atomic E-state index is 13.9. The van der Waals surface area contributed by atoms with Gasteiger partial charge in [-0.15, -0.1) is 0 Å². The number of amides is 3. The molecule has 0 radical (unpaired) electrons. The topological polar surface area (TPSA) is 76.2 Å². The Morgan fingerprint density at radius 2 is 1.43 bits per heavy atom. The highest BCUT2D eigenvalue weighted by molar-refractivity contribution is 6.22. The summed E-state index contributed by atoms with van der Waals surface area (Å²) in [5, 5.41) is 0. The average molecular weight is 471 g/mol. The summed E-state index contributed by atoms with van der Waals surface area (Å²) in [6, 6.07) is 19.1. The normalized spacial score (nSPS) is 15.5. The molecule has 35 heavy (non-hydrogen) atoms. The highest BCUT2D eigenvalue weighted by Crippen LogP contribution is 2.34. The zero-order valence-corrected chi connectivity index (χ0v) is 19.7. The standard InChI is InChI=1S/C28H26N2O5/c1-34-24-15-19-12-13-29(17-20(19)16-25(24)35-2)28(33)23(14-18-8-4-3-5-9-18)30-26(31)21-10-6-7-11-22(21)27(30)32/h3-11,15-16,23H,12-14,17H2,1-2H3/t23-/m1/s1. The van der Waals surface area contributed by atoms with Crippen molar-refractivity contribution >= 4 is 17.7 Å². The predicted molar refractivity (Wildman–Crippen MR) is 130 cm³/mol. The van der Waals surface area contributed by atoms with E-state index < -0.39 is 17.9 Å². The molecule has 0 fully saturated rings. The van der Waals surface area contributed by atoms with Gasteiger partial charge in [0.05, 0.1) is 25.3 Å². The van der Waals surface area contributed by atoms with Gasteiger partial charge >= 0.3 is 0 Å². The molecule has 3 aromatic rings. The highest BCUT2D eigenvalue weighted by atomic mass is 16.5. The van der Waals surface area contributed by atoms with E-state index >= 15 is 0 Å². The second-order valence-corrected chi connectivity index (χ2v) is 8.72. The van der Waals surface area contributed by atoms with Gasteiger partial charge < -0.3 is 14.4 Å². The van der Waals surface area contributed by atoms with E-state index in [1.54, 1.807) is 43.4 Å². The van der Waals surface area contributed by atoms with Gasteiger partial charge in [-0.2, -0.15) is 0 Å². The molecule has 1 atom stereocenters. The molecule has 2 aliphatic rings. The summed E-state index contributed by atoms with van der Waals surface area (Å²) >= 11 is 0. The first-order valence-corrected chi connectivity index (χ1v) is 11.5. The zero-order valence-electron chi connectivity index (χ0n) is 19.7.